The predicted octanol–water partition coefficient (Wildman–Crippen LogP) is 3.29. The molecule has 2 saturated carbocycles. The molecule has 2 aliphatic rings. The van der Waals surface area contributed by atoms with Crippen LogP contribution < -0.4 is 5.73 Å². The van der Waals surface area contributed by atoms with Gasteiger partial charge in [0.05, 0.1) is 4.92 Å². The highest BCUT2D eigenvalue weighted by Gasteiger charge is 2.49. The van der Waals surface area contributed by atoms with Crippen LogP contribution in [0.25, 0.3) is 0 Å². The maximum Gasteiger partial charge on any atom is 0.272 e. The van der Waals surface area contributed by atoms with E-state index in [1.165, 1.54) is 25.7 Å². The molecular formula is C16H22N2O2. The summed E-state index contributed by atoms with van der Waals surface area (Å²) in [5.41, 5.74) is 7.43. The zero-order chi connectivity index (χ0) is 14.2. The largest absolute Gasteiger partial charge is 0.330 e. The van der Waals surface area contributed by atoms with Crippen molar-refractivity contribution in [3.8, 4) is 0 Å². The van der Waals surface area contributed by atoms with Gasteiger partial charge >= 0.3 is 0 Å². The van der Waals surface area contributed by atoms with Gasteiger partial charge in [-0.2, -0.15) is 0 Å². The number of hydrogen-bond acceptors (Lipinski definition) is 3. The lowest BCUT2D eigenvalue weighted by Gasteiger charge is -2.37. The van der Waals surface area contributed by atoms with E-state index in [-0.39, 0.29) is 16.0 Å². The Hall–Kier alpha value is -1.42. The first-order chi connectivity index (χ1) is 9.64. The van der Waals surface area contributed by atoms with E-state index in [1.54, 1.807) is 12.1 Å². The molecule has 3 unspecified atom stereocenters. The summed E-state index contributed by atoms with van der Waals surface area (Å²) in [7, 11) is 0. The average molecular weight is 274 g/mol. The Bertz CT molecular complexity index is 517. The van der Waals surface area contributed by atoms with Gasteiger partial charge in [-0.25, -0.2) is 0 Å². The van der Waals surface area contributed by atoms with Crippen molar-refractivity contribution in [2.45, 2.75) is 38.5 Å². The van der Waals surface area contributed by atoms with E-state index < -0.39 is 0 Å². The SMILES string of the molecule is NCC1(CCc2ccccc2[N+](=O)[O-])CC2CCC1C2. The summed E-state index contributed by atoms with van der Waals surface area (Å²) >= 11 is 0. The Kier molecular flexibility index (Phi) is 3.50. The first kappa shape index (κ1) is 13.6. The molecule has 0 saturated heterocycles. The Morgan fingerprint density at radius 3 is 2.75 bits per heavy atom. The second-order valence-corrected chi connectivity index (χ2v) is 6.53. The average Bonchev–Trinajstić information content (AvgIpc) is 3.06. The van der Waals surface area contributed by atoms with Crippen LogP contribution >= 0.6 is 0 Å². The van der Waals surface area contributed by atoms with Gasteiger partial charge in [-0.1, -0.05) is 24.6 Å². The number of rotatable bonds is 5. The minimum Gasteiger partial charge on any atom is -0.330 e. The monoisotopic (exact) mass is 274 g/mol. The molecule has 108 valence electrons. The fourth-order valence-electron chi connectivity index (χ4n) is 4.50. The molecule has 2 fully saturated rings. The highest BCUT2D eigenvalue weighted by molar-refractivity contribution is 5.39. The number of fused-ring (bicyclic) bond motifs is 2. The summed E-state index contributed by atoms with van der Waals surface area (Å²) in [5.74, 6) is 1.61. The molecule has 2 bridgehead atoms. The first-order valence-corrected chi connectivity index (χ1v) is 7.57. The molecule has 0 amide bonds. The third kappa shape index (κ3) is 2.22. The van der Waals surface area contributed by atoms with Crippen molar-refractivity contribution in [1.29, 1.82) is 0 Å². The van der Waals surface area contributed by atoms with Crippen LogP contribution in [0, 0.1) is 27.4 Å². The van der Waals surface area contributed by atoms with Crippen LogP contribution in [0.1, 0.15) is 37.7 Å². The molecule has 20 heavy (non-hydrogen) atoms. The summed E-state index contributed by atoms with van der Waals surface area (Å²) in [6.45, 7) is 0.731. The second-order valence-electron chi connectivity index (χ2n) is 6.53. The molecule has 3 atom stereocenters. The zero-order valence-electron chi connectivity index (χ0n) is 11.8. The van der Waals surface area contributed by atoms with E-state index in [1.807, 2.05) is 12.1 Å². The highest BCUT2D eigenvalue weighted by atomic mass is 16.6. The van der Waals surface area contributed by atoms with Crippen LogP contribution in [0.4, 0.5) is 5.69 Å². The van der Waals surface area contributed by atoms with Crippen molar-refractivity contribution < 1.29 is 4.92 Å². The van der Waals surface area contributed by atoms with Crippen LogP contribution in [0.5, 0.6) is 0 Å². The molecule has 1 aromatic carbocycles. The number of nitrogens with zero attached hydrogens (tertiary/aromatic N) is 1. The van der Waals surface area contributed by atoms with Crippen molar-refractivity contribution in [2.24, 2.45) is 23.0 Å². The van der Waals surface area contributed by atoms with Crippen LogP contribution in [0.2, 0.25) is 0 Å². The van der Waals surface area contributed by atoms with Crippen LogP contribution in [0.15, 0.2) is 24.3 Å². The minimum absolute atomic E-state index is 0.243. The summed E-state index contributed by atoms with van der Waals surface area (Å²) in [6, 6.07) is 7.11. The number of nitrogens with two attached hydrogens (primary N) is 1. The number of aryl methyl sites for hydroxylation is 1. The van der Waals surface area contributed by atoms with Crippen molar-refractivity contribution >= 4 is 5.69 Å². The number of hydrogen-bond donors (Lipinski definition) is 1. The Morgan fingerprint density at radius 1 is 1.35 bits per heavy atom. The quantitative estimate of drug-likeness (QED) is 0.661. The van der Waals surface area contributed by atoms with Crippen LogP contribution in [-0.2, 0) is 6.42 Å². The van der Waals surface area contributed by atoms with Crippen molar-refractivity contribution in [3.63, 3.8) is 0 Å². The Balaban J connectivity index is 1.75. The molecule has 0 spiro atoms. The van der Waals surface area contributed by atoms with Gasteiger partial charge in [-0.3, -0.25) is 10.1 Å². The van der Waals surface area contributed by atoms with Gasteiger partial charge in [0, 0.05) is 11.6 Å². The Labute approximate surface area is 119 Å². The summed E-state index contributed by atoms with van der Waals surface area (Å²) in [6.07, 6.45) is 6.99. The summed E-state index contributed by atoms with van der Waals surface area (Å²) in [4.78, 5) is 10.8. The molecule has 0 aromatic heterocycles. The van der Waals surface area contributed by atoms with Gasteiger partial charge in [0.15, 0.2) is 0 Å². The van der Waals surface area contributed by atoms with Crippen molar-refractivity contribution in [2.75, 3.05) is 6.54 Å². The van der Waals surface area contributed by atoms with Crippen molar-refractivity contribution in [1.82, 2.24) is 0 Å². The topological polar surface area (TPSA) is 69.2 Å². The summed E-state index contributed by atoms with van der Waals surface area (Å²) < 4.78 is 0. The number of nitro benzene ring substituents is 1. The smallest absolute Gasteiger partial charge is 0.272 e. The van der Waals surface area contributed by atoms with E-state index in [4.69, 9.17) is 5.73 Å². The van der Waals surface area contributed by atoms with E-state index in [2.05, 4.69) is 0 Å². The third-order valence-corrected chi connectivity index (χ3v) is 5.59. The lowest BCUT2D eigenvalue weighted by molar-refractivity contribution is -0.385. The van der Waals surface area contributed by atoms with Gasteiger partial charge in [0.25, 0.3) is 5.69 Å². The molecule has 4 heteroatoms. The fraction of sp³-hybridized carbons (Fsp3) is 0.625. The first-order valence-electron chi connectivity index (χ1n) is 7.57. The second kappa shape index (κ2) is 5.17. The van der Waals surface area contributed by atoms with Crippen LogP contribution in [0.3, 0.4) is 0 Å². The number of para-hydroxylation sites is 1. The Morgan fingerprint density at radius 2 is 2.15 bits per heavy atom. The summed E-state index contributed by atoms with van der Waals surface area (Å²) in [5, 5.41) is 11.1. The third-order valence-electron chi connectivity index (χ3n) is 5.59. The molecule has 3 rings (SSSR count). The van der Waals surface area contributed by atoms with Crippen LogP contribution in [-0.4, -0.2) is 11.5 Å². The zero-order valence-corrected chi connectivity index (χ0v) is 11.8. The predicted molar refractivity (Wildman–Crippen MR) is 78.4 cm³/mol. The molecule has 1 aromatic rings. The normalized spacial score (nSPS) is 31.6. The van der Waals surface area contributed by atoms with E-state index in [0.717, 1.165) is 36.8 Å². The molecule has 2 N–H and O–H groups in total. The van der Waals surface area contributed by atoms with E-state index in [9.17, 15) is 10.1 Å². The molecule has 0 aliphatic heterocycles. The maximum absolute atomic E-state index is 11.1. The standard InChI is InChI=1S/C16H22N2O2/c17-11-16(10-12-5-6-14(16)9-12)8-7-13-3-1-2-4-15(13)18(19)20/h1-4,12,14H,5-11,17H2. The number of benzene rings is 1. The molecule has 0 heterocycles. The molecule has 0 radical (unpaired) electrons. The molecule has 2 aliphatic carbocycles. The van der Waals surface area contributed by atoms with Gasteiger partial charge in [-0.15, -0.1) is 0 Å². The molecular weight excluding hydrogens is 252 g/mol. The number of nitro groups is 1. The van der Waals surface area contributed by atoms with Gasteiger partial charge < -0.3 is 5.73 Å². The van der Waals surface area contributed by atoms with Gasteiger partial charge in [-0.05, 0) is 55.9 Å². The van der Waals surface area contributed by atoms with E-state index >= 15 is 0 Å². The van der Waals surface area contributed by atoms with Gasteiger partial charge in [0.1, 0.15) is 0 Å². The van der Waals surface area contributed by atoms with Crippen molar-refractivity contribution in [3.05, 3.63) is 39.9 Å². The maximum atomic E-state index is 11.1. The highest BCUT2D eigenvalue weighted by Crippen LogP contribution is 2.57. The van der Waals surface area contributed by atoms with Gasteiger partial charge in [0.2, 0.25) is 0 Å². The lowest BCUT2D eigenvalue weighted by Crippen LogP contribution is -2.36. The minimum atomic E-state index is -0.273. The fourth-order valence-corrected chi connectivity index (χ4v) is 4.50. The lowest BCUT2D eigenvalue weighted by atomic mass is 9.69. The molecule has 4 nitrogen and oxygen atoms in total. The van der Waals surface area contributed by atoms with E-state index in [0.29, 0.717) is 0 Å².